The van der Waals surface area contributed by atoms with Crippen molar-refractivity contribution in [1.82, 2.24) is 4.98 Å². The summed E-state index contributed by atoms with van der Waals surface area (Å²) < 4.78 is 4.83. The highest BCUT2D eigenvalue weighted by atomic mass is 16.4. The van der Waals surface area contributed by atoms with Crippen LogP contribution in [0.25, 0.3) is 0 Å². The van der Waals surface area contributed by atoms with Crippen LogP contribution >= 0.6 is 0 Å². The standard InChI is InChI=1S/C5H5NO2.C5H6O/c7-5(8)4-2-1-3-6-4;1-5-3-2-4-6-5/h1-3,6H,(H,7,8);2-4H,1H3. The molecule has 0 aliphatic heterocycles. The zero-order chi connectivity index (χ0) is 10.4. The van der Waals surface area contributed by atoms with Crippen molar-refractivity contribution in [2.45, 2.75) is 6.92 Å². The maximum atomic E-state index is 10.0. The smallest absolute Gasteiger partial charge is 0.352 e. The van der Waals surface area contributed by atoms with Gasteiger partial charge in [-0.05, 0) is 31.2 Å². The number of hydrogen-bond acceptors (Lipinski definition) is 2. The molecular formula is C10H11NO3. The van der Waals surface area contributed by atoms with Gasteiger partial charge in [-0.2, -0.15) is 0 Å². The predicted molar refractivity (Wildman–Crippen MR) is 51.2 cm³/mol. The van der Waals surface area contributed by atoms with Gasteiger partial charge in [0.1, 0.15) is 11.5 Å². The number of furan rings is 1. The molecular weight excluding hydrogens is 182 g/mol. The number of aromatic amines is 1. The van der Waals surface area contributed by atoms with Crippen LogP contribution in [0.2, 0.25) is 0 Å². The normalized spacial score (nSPS) is 8.93. The lowest BCUT2D eigenvalue weighted by atomic mass is 10.4. The molecule has 0 aliphatic rings. The molecule has 0 atom stereocenters. The van der Waals surface area contributed by atoms with E-state index in [9.17, 15) is 4.79 Å². The van der Waals surface area contributed by atoms with Gasteiger partial charge in [-0.15, -0.1) is 0 Å². The first-order chi connectivity index (χ1) is 6.70. The Bertz CT molecular complexity index is 362. The van der Waals surface area contributed by atoms with E-state index in [1.54, 1.807) is 18.5 Å². The molecule has 0 aliphatic carbocycles. The number of aromatic carboxylic acids is 1. The summed E-state index contributed by atoms with van der Waals surface area (Å²) in [6.45, 7) is 1.92. The molecule has 0 saturated carbocycles. The summed E-state index contributed by atoms with van der Waals surface area (Å²) in [5.74, 6) is 0.0463. The van der Waals surface area contributed by atoms with Gasteiger partial charge >= 0.3 is 5.97 Å². The lowest BCUT2D eigenvalue weighted by Crippen LogP contribution is -1.94. The lowest BCUT2D eigenvalue weighted by molar-refractivity contribution is 0.0691. The fraction of sp³-hybridized carbons (Fsp3) is 0.100. The summed E-state index contributed by atoms with van der Waals surface area (Å²) in [7, 11) is 0. The number of aromatic nitrogens is 1. The fourth-order valence-electron chi connectivity index (χ4n) is 0.824. The summed E-state index contributed by atoms with van der Waals surface area (Å²) >= 11 is 0. The molecule has 4 heteroatoms. The van der Waals surface area contributed by atoms with Crippen LogP contribution in [0.3, 0.4) is 0 Å². The monoisotopic (exact) mass is 193 g/mol. The van der Waals surface area contributed by atoms with Crippen LogP contribution in [0.4, 0.5) is 0 Å². The van der Waals surface area contributed by atoms with Crippen molar-refractivity contribution in [2.75, 3.05) is 0 Å². The summed E-state index contributed by atoms with van der Waals surface area (Å²) in [4.78, 5) is 12.6. The average molecular weight is 193 g/mol. The minimum absolute atomic E-state index is 0.227. The summed E-state index contributed by atoms with van der Waals surface area (Å²) in [5.41, 5.74) is 0.227. The van der Waals surface area contributed by atoms with Crippen molar-refractivity contribution in [3.8, 4) is 0 Å². The SMILES string of the molecule is Cc1ccco1.O=C(O)c1ccc[nH]1. The molecule has 2 N–H and O–H groups in total. The van der Waals surface area contributed by atoms with E-state index in [-0.39, 0.29) is 5.69 Å². The lowest BCUT2D eigenvalue weighted by Gasteiger charge is -1.80. The minimum Gasteiger partial charge on any atom is -0.477 e. The Labute approximate surface area is 81.2 Å². The third-order valence-electron chi connectivity index (χ3n) is 1.49. The van der Waals surface area contributed by atoms with Gasteiger partial charge in [-0.3, -0.25) is 0 Å². The third kappa shape index (κ3) is 3.18. The quantitative estimate of drug-likeness (QED) is 0.730. The van der Waals surface area contributed by atoms with Gasteiger partial charge in [0.2, 0.25) is 0 Å². The molecule has 14 heavy (non-hydrogen) atoms. The number of carbonyl (C=O) groups is 1. The summed E-state index contributed by atoms with van der Waals surface area (Å²) in [6.07, 6.45) is 3.23. The molecule has 2 heterocycles. The maximum Gasteiger partial charge on any atom is 0.352 e. The zero-order valence-electron chi connectivity index (χ0n) is 7.73. The second kappa shape index (κ2) is 4.91. The Morgan fingerprint density at radius 2 is 2.21 bits per heavy atom. The highest BCUT2D eigenvalue weighted by Gasteiger charge is 1.98. The van der Waals surface area contributed by atoms with Crippen molar-refractivity contribution in [2.24, 2.45) is 0 Å². The van der Waals surface area contributed by atoms with Gasteiger partial charge < -0.3 is 14.5 Å². The Kier molecular flexibility index (Phi) is 3.55. The molecule has 0 bridgehead atoms. The number of carboxylic acid groups (broad SMARTS) is 1. The van der Waals surface area contributed by atoms with E-state index in [2.05, 4.69) is 4.98 Å². The van der Waals surface area contributed by atoms with Crippen LogP contribution in [0.15, 0.2) is 41.1 Å². The first-order valence-corrected chi connectivity index (χ1v) is 4.07. The molecule has 74 valence electrons. The van der Waals surface area contributed by atoms with Crippen LogP contribution in [0, 0.1) is 6.92 Å². The van der Waals surface area contributed by atoms with Gasteiger partial charge in [0.25, 0.3) is 0 Å². The van der Waals surface area contributed by atoms with Crippen LogP contribution in [-0.4, -0.2) is 16.1 Å². The molecule has 0 unspecified atom stereocenters. The summed E-state index contributed by atoms with van der Waals surface area (Å²) in [6, 6.07) is 6.93. The molecule has 0 radical (unpaired) electrons. The van der Waals surface area contributed by atoms with Crippen molar-refractivity contribution >= 4 is 5.97 Å². The maximum absolute atomic E-state index is 10.0. The van der Waals surface area contributed by atoms with Gasteiger partial charge in [-0.1, -0.05) is 0 Å². The van der Waals surface area contributed by atoms with E-state index < -0.39 is 5.97 Å². The Balaban J connectivity index is 0.000000146. The van der Waals surface area contributed by atoms with E-state index in [0.29, 0.717) is 0 Å². The second-order valence-electron chi connectivity index (χ2n) is 2.61. The van der Waals surface area contributed by atoms with E-state index in [1.165, 1.54) is 6.07 Å². The van der Waals surface area contributed by atoms with Crippen LogP contribution in [0.5, 0.6) is 0 Å². The molecule has 2 aromatic rings. The number of hydrogen-bond donors (Lipinski definition) is 2. The van der Waals surface area contributed by atoms with Gasteiger partial charge in [-0.25, -0.2) is 4.79 Å². The Morgan fingerprint density at radius 3 is 2.43 bits per heavy atom. The minimum atomic E-state index is -0.921. The van der Waals surface area contributed by atoms with E-state index in [1.807, 2.05) is 19.1 Å². The largest absolute Gasteiger partial charge is 0.477 e. The zero-order valence-corrected chi connectivity index (χ0v) is 7.73. The molecule has 0 saturated heterocycles. The topological polar surface area (TPSA) is 66.2 Å². The highest BCUT2D eigenvalue weighted by molar-refractivity contribution is 5.85. The predicted octanol–water partition coefficient (Wildman–Crippen LogP) is 2.30. The molecule has 0 aromatic carbocycles. The summed E-state index contributed by atoms with van der Waals surface area (Å²) in [5, 5.41) is 8.24. The second-order valence-corrected chi connectivity index (χ2v) is 2.61. The number of rotatable bonds is 1. The fourth-order valence-corrected chi connectivity index (χ4v) is 0.824. The van der Waals surface area contributed by atoms with Crippen molar-refractivity contribution < 1.29 is 14.3 Å². The van der Waals surface area contributed by atoms with Crippen LogP contribution < -0.4 is 0 Å². The highest BCUT2D eigenvalue weighted by Crippen LogP contribution is 1.93. The first-order valence-electron chi connectivity index (χ1n) is 4.07. The first kappa shape index (κ1) is 10.1. The number of H-pyrrole nitrogens is 1. The van der Waals surface area contributed by atoms with E-state index in [0.717, 1.165) is 5.76 Å². The number of carboxylic acids is 1. The van der Waals surface area contributed by atoms with Crippen molar-refractivity contribution in [3.63, 3.8) is 0 Å². The number of aryl methyl sites for hydroxylation is 1. The Morgan fingerprint density at radius 1 is 1.43 bits per heavy atom. The molecule has 0 spiro atoms. The molecule has 2 aromatic heterocycles. The van der Waals surface area contributed by atoms with Gasteiger partial charge in [0, 0.05) is 6.20 Å². The van der Waals surface area contributed by atoms with Crippen molar-refractivity contribution in [3.05, 3.63) is 48.2 Å². The van der Waals surface area contributed by atoms with Gasteiger partial charge in [0.15, 0.2) is 0 Å². The number of nitrogens with one attached hydrogen (secondary N) is 1. The third-order valence-corrected chi connectivity index (χ3v) is 1.49. The Hall–Kier alpha value is -1.97. The van der Waals surface area contributed by atoms with Gasteiger partial charge in [0.05, 0.1) is 6.26 Å². The average Bonchev–Trinajstić information content (AvgIpc) is 2.75. The molecule has 4 nitrogen and oxygen atoms in total. The van der Waals surface area contributed by atoms with Crippen molar-refractivity contribution in [1.29, 1.82) is 0 Å². The molecule has 2 rings (SSSR count). The molecule has 0 fully saturated rings. The van der Waals surface area contributed by atoms with E-state index in [4.69, 9.17) is 9.52 Å². The van der Waals surface area contributed by atoms with Crippen LogP contribution in [0.1, 0.15) is 16.2 Å². The van der Waals surface area contributed by atoms with Crippen LogP contribution in [-0.2, 0) is 0 Å². The molecule has 0 amide bonds. The van der Waals surface area contributed by atoms with E-state index >= 15 is 0 Å².